The molecule has 0 bridgehead atoms. The summed E-state index contributed by atoms with van der Waals surface area (Å²) in [5.41, 5.74) is -0.238. The minimum absolute atomic E-state index is 0.101. The molecule has 4 rings (SSSR count). The minimum atomic E-state index is -0.512. The van der Waals surface area contributed by atoms with Crippen LogP contribution in [-0.4, -0.2) is 30.0 Å². The standard InChI is InChI=1S/C20H20O7/c1-20(2)8-7-9-15(24-3)13-14(23)12-10(21)5-6-11(22)17(12)26-18(13)19(25-4)16(9)27-20/h5-6,21-22H,7-8H2,1-4H3. The fourth-order valence-electron chi connectivity index (χ4n) is 3.62. The smallest absolute Gasteiger partial charge is 0.208 e. The maximum atomic E-state index is 13.2. The summed E-state index contributed by atoms with van der Waals surface area (Å²) in [6, 6.07) is 2.50. The van der Waals surface area contributed by atoms with E-state index >= 15 is 0 Å². The van der Waals surface area contributed by atoms with Crippen molar-refractivity contribution in [2.24, 2.45) is 0 Å². The first-order valence-corrected chi connectivity index (χ1v) is 8.56. The van der Waals surface area contributed by atoms with Crippen LogP contribution in [-0.2, 0) is 6.42 Å². The number of rotatable bonds is 2. The van der Waals surface area contributed by atoms with E-state index in [1.807, 2.05) is 13.8 Å². The Kier molecular flexibility index (Phi) is 3.66. The topological polar surface area (TPSA) is 98.4 Å². The summed E-state index contributed by atoms with van der Waals surface area (Å²) < 4.78 is 23.1. The van der Waals surface area contributed by atoms with Gasteiger partial charge in [-0.05, 0) is 38.8 Å². The van der Waals surface area contributed by atoms with E-state index in [-0.39, 0.29) is 39.2 Å². The molecular formula is C20H20O7. The highest BCUT2D eigenvalue weighted by Crippen LogP contribution is 2.50. The van der Waals surface area contributed by atoms with E-state index in [2.05, 4.69) is 0 Å². The number of methoxy groups -OCH3 is 2. The Hall–Kier alpha value is -3.09. The second-order valence-corrected chi connectivity index (χ2v) is 7.18. The maximum absolute atomic E-state index is 13.2. The number of fused-ring (bicyclic) bond motifs is 3. The molecule has 2 aromatic carbocycles. The molecule has 0 saturated heterocycles. The van der Waals surface area contributed by atoms with Gasteiger partial charge in [-0.1, -0.05) is 0 Å². The van der Waals surface area contributed by atoms with Crippen LogP contribution in [0.4, 0.5) is 0 Å². The summed E-state index contributed by atoms with van der Waals surface area (Å²) in [5.74, 6) is 0.501. The monoisotopic (exact) mass is 372 g/mol. The molecule has 0 unspecified atom stereocenters. The Labute approximate surface area is 154 Å². The van der Waals surface area contributed by atoms with Crippen LogP contribution in [0.25, 0.3) is 21.9 Å². The molecule has 3 aromatic rings. The number of phenols is 2. The van der Waals surface area contributed by atoms with Crippen molar-refractivity contribution in [1.29, 1.82) is 0 Å². The van der Waals surface area contributed by atoms with E-state index in [0.29, 0.717) is 23.5 Å². The molecule has 0 aliphatic carbocycles. The zero-order chi connectivity index (χ0) is 19.5. The van der Waals surface area contributed by atoms with Gasteiger partial charge in [-0.3, -0.25) is 4.79 Å². The summed E-state index contributed by atoms with van der Waals surface area (Å²) >= 11 is 0. The SMILES string of the molecule is COc1c2c(c(OC)c3c(=O)c4c(O)ccc(O)c4oc13)CCC(C)(C)O2. The molecule has 7 heteroatoms. The number of ether oxygens (including phenoxy) is 3. The third-order valence-electron chi connectivity index (χ3n) is 4.95. The van der Waals surface area contributed by atoms with Crippen molar-refractivity contribution in [2.45, 2.75) is 32.3 Å². The lowest BCUT2D eigenvalue weighted by Gasteiger charge is -2.34. The Morgan fingerprint density at radius 2 is 1.67 bits per heavy atom. The van der Waals surface area contributed by atoms with Crippen LogP contribution < -0.4 is 19.6 Å². The van der Waals surface area contributed by atoms with E-state index in [4.69, 9.17) is 18.6 Å². The molecule has 0 radical (unpaired) electrons. The highest BCUT2D eigenvalue weighted by atomic mass is 16.5. The fraction of sp³-hybridized carbons (Fsp3) is 0.350. The van der Waals surface area contributed by atoms with E-state index < -0.39 is 11.0 Å². The van der Waals surface area contributed by atoms with Crippen LogP contribution >= 0.6 is 0 Å². The van der Waals surface area contributed by atoms with Gasteiger partial charge in [0.15, 0.2) is 22.7 Å². The van der Waals surface area contributed by atoms with Gasteiger partial charge in [-0.25, -0.2) is 0 Å². The van der Waals surface area contributed by atoms with Crippen molar-refractivity contribution >= 4 is 21.9 Å². The van der Waals surface area contributed by atoms with Crippen molar-refractivity contribution in [2.75, 3.05) is 14.2 Å². The van der Waals surface area contributed by atoms with Gasteiger partial charge in [0.25, 0.3) is 0 Å². The zero-order valence-corrected chi connectivity index (χ0v) is 15.5. The number of aromatic hydroxyl groups is 2. The molecule has 27 heavy (non-hydrogen) atoms. The molecule has 0 saturated carbocycles. The first kappa shape index (κ1) is 17.3. The van der Waals surface area contributed by atoms with Crippen LogP contribution in [0.1, 0.15) is 25.8 Å². The van der Waals surface area contributed by atoms with E-state index in [0.717, 1.165) is 6.42 Å². The Morgan fingerprint density at radius 3 is 2.33 bits per heavy atom. The van der Waals surface area contributed by atoms with Gasteiger partial charge in [-0.2, -0.15) is 0 Å². The van der Waals surface area contributed by atoms with Gasteiger partial charge in [0.2, 0.25) is 11.2 Å². The number of benzene rings is 2. The molecule has 142 valence electrons. The lowest BCUT2D eigenvalue weighted by molar-refractivity contribution is 0.0796. The van der Waals surface area contributed by atoms with Gasteiger partial charge in [0.05, 0.1) is 14.2 Å². The predicted molar refractivity (Wildman–Crippen MR) is 99.5 cm³/mol. The fourth-order valence-corrected chi connectivity index (χ4v) is 3.62. The molecule has 0 atom stereocenters. The highest BCUT2D eigenvalue weighted by molar-refractivity contribution is 6.02. The third kappa shape index (κ3) is 2.38. The third-order valence-corrected chi connectivity index (χ3v) is 4.95. The lowest BCUT2D eigenvalue weighted by atomic mass is 9.92. The molecule has 2 heterocycles. The van der Waals surface area contributed by atoms with Gasteiger partial charge in [0, 0.05) is 5.56 Å². The van der Waals surface area contributed by atoms with Crippen LogP contribution in [0.5, 0.6) is 28.7 Å². The number of hydrogen-bond donors (Lipinski definition) is 2. The van der Waals surface area contributed by atoms with E-state index in [9.17, 15) is 15.0 Å². The Balaban J connectivity index is 2.26. The summed E-state index contributed by atoms with van der Waals surface area (Å²) in [6.45, 7) is 3.93. The maximum Gasteiger partial charge on any atom is 0.208 e. The lowest BCUT2D eigenvalue weighted by Crippen LogP contribution is -2.33. The largest absolute Gasteiger partial charge is 0.507 e. The molecule has 0 amide bonds. The number of phenolic OH excluding ortho intramolecular Hbond substituents is 2. The first-order valence-electron chi connectivity index (χ1n) is 8.56. The average molecular weight is 372 g/mol. The normalized spacial score (nSPS) is 15.4. The van der Waals surface area contributed by atoms with Crippen molar-refractivity contribution in [1.82, 2.24) is 0 Å². The zero-order valence-electron chi connectivity index (χ0n) is 15.5. The van der Waals surface area contributed by atoms with Gasteiger partial charge < -0.3 is 28.8 Å². The highest BCUT2D eigenvalue weighted by Gasteiger charge is 2.35. The Morgan fingerprint density at radius 1 is 1.00 bits per heavy atom. The molecule has 1 aliphatic heterocycles. The van der Waals surface area contributed by atoms with Crippen LogP contribution in [0.15, 0.2) is 21.3 Å². The van der Waals surface area contributed by atoms with E-state index in [1.165, 1.54) is 26.4 Å². The molecule has 7 nitrogen and oxygen atoms in total. The average Bonchev–Trinajstić information content (AvgIpc) is 2.62. The molecule has 1 aliphatic rings. The number of hydrogen-bond acceptors (Lipinski definition) is 7. The van der Waals surface area contributed by atoms with E-state index in [1.54, 1.807) is 0 Å². The molecular weight excluding hydrogens is 352 g/mol. The summed E-state index contributed by atoms with van der Waals surface area (Å²) in [5, 5.41) is 20.3. The molecule has 0 spiro atoms. The van der Waals surface area contributed by atoms with Crippen LogP contribution in [0.2, 0.25) is 0 Å². The summed E-state index contributed by atoms with van der Waals surface area (Å²) in [4.78, 5) is 13.2. The van der Waals surface area contributed by atoms with Gasteiger partial charge in [0.1, 0.15) is 27.9 Å². The van der Waals surface area contributed by atoms with Crippen molar-refractivity contribution in [3.63, 3.8) is 0 Å². The molecule has 2 N–H and O–H groups in total. The van der Waals surface area contributed by atoms with Crippen LogP contribution in [0.3, 0.4) is 0 Å². The van der Waals surface area contributed by atoms with Gasteiger partial charge >= 0.3 is 0 Å². The molecule has 1 aromatic heterocycles. The first-order chi connectivity index (χ1) is 12.8. The second-order valence-electron chi connectivity index (χ2n) is 7.18. The predicted octanol–water partition coefficient (Wildman–Crippen LogP) is 3.48. The van der Waals surface area contributed by atoms with Crippen LogP contribution in [0, 0.1) is 0 Å². The molecule has 0 fully saturated rings. The summed E-state index contributed by atoms with van der Waals surface area (Å²) in [6.07, 6.45) is 1.36. The Bertz CT molecular complexity index is 1140. The minimum Gasteiger partial charge on any atom is -0.507 e. The summed E-state index contributed by atoms with van der Waals surface area (Å²) in [7, 11) is 2.92. The quantitative estimate of drug-likeness (QED) is 0.525. The van der Waals surface area contributed by atoms with Gasteiger partial charge in [-0.15, -0.1) is 0 Å². The van der Waals surface area contributed by atoms with Crippen molar-refractivity contribution in [3.8, 4) is 28.7 Å². The second kappa shape index (κ2) is 5.70. The van der Waals surface area contributed by atoms with Crippen molar-refractivity contribution in [3.05, 3.63) is 27.9 Å². The van der Waals surface area contributed by atoms with Crippen molar-refractivity contribution < 1.29 is 28.8 Å².